The molecule has 0 spiro atoms. The van der Waals surface area contributed by atoms with E-state index in [-0.39, 0.29) is 12.2 Å². The molecule has 2 unspecified atom stereocenters. The molecule has 1 saturated heterocycles. The Bertz CT molecular complexity index is 650. The third-order valence-electron chi connectivity index (χ3n) is 4.27. The van der Waals surface area contributed by atoms with Crippen LogP contribution in [0.3, 0.4) is 0 Å². The maximum atomic E-state index is 5.96. The maximum absolute atomic E-state index is 5.96. The van der Waals surface area contributed by atoms with E-state index in [1.54, 1.807) is 0 Å². The minimum Gasteiger partial charge on any atom is -0.489 e. The van der Waals surface area contributed by atoms with Crippen LogP contribution in [0, 0.1) is 6.92 Å². The monoisotopic (exact) mass is 341 g/mol. The van der Waals surface area contributed by atoms with Gasteiger partial charge in [-0.3, -0.25) is 0 Å². The number of nitrogens with one attached hydrogen (secondary N) is 1. The summed E-state index contributed by atoms with van der Waals surface area (Å²) >= 11 is 0. The standard InChI is InChI=1S/C21H27NO3/c1-16-9-11-18(12-10-16)25-17(2)14-22-20-7-3-4-8-21(20)24-15-19-6-5-13-23-19/h3-4,7-12,17,19,22H,5-6,13-15H2,1-2H3. The normalized spacial score (nSPS) is 17.9. The van der Waals surface area contributed by atoms with E-state index in [9.17, 15) is 0 Å². The molecule has 134 valence electrons. The van der Waals surface area contributed by atoms with E-state index < -0.39 is 0 Å². The first kappa shape index (κ1) is 17.6. The number of rotatable bonds is 8. The molecule has 0 amide bonds. The van der Waals surface area contributed by atoms with Gasteiger partial charge in [-0.1, -0.05) is 29.8 Å². The van der Waals surface area contributed by atoms with Crippen LogP contribution in [0.4, 0.5) is 5.69 Å². The zero-order valence-corrected chi connectivity index (χ0v) is 15.0. The lowest BCUT2D eigenvalue weighted by Gasteiger charge is -2.19. The zero-order valence-electron chi connectivity index (χ0n) is 15.0. The second kappa shape index (κ2) is 8.77. The Morgan fingerprint density at radius 2 is 1.96 bits per heavy atom. The van der Waals surface area contributed by atoms with Crippen molar-refractivity contribution in [2.45, 2.75) is 38.9 Å². The van der Waals surface area contributed by atoms with E-state index in [4.69, 9.17) is 14.2 Å². The van der Waals surface area contributed by atoms with E-state index in [1.165, 1.54) is 5.56 Å². The molecule has 1 fully saturated rings. The fourth-order valence-corrected chi connectivity index (χ4v) is 2.84. The van der Waals surface area contributed by atoms with E-state index in [0.717, 1.165) is 36.6 Å². The molecule has 2 atom stereocenters. The Kier molecular flexibility index (Phi) is 6.18. The minimum atomic E-state index is 0.0499. The summed E-state index contributed by atoms with van der Waals surface area (Å²) < 4.78 is 17.5. The van der Waals surface area contributed by atoms with Crippen LogP contribution in [0.2, 0.25) is 0 Å². The van der Waals surface area contributed by atoms with Gasteiger partial charge in [0.15, 0.2) is 0 Å². The molecule has 1 N–H and O–H groups in total. The lowest BCUT2D eigenvalue weighted by Crippen LogP contribution is -2.23. The highest BCUT2D eigenvalue weighted by molar-refractivity contribution is 5.56. The molecule has 2 aromatic rings. The molecule has 0 radical (unpaired) electrons. The largest absolute Gasteiger partial charge is 0.489 e. The summed E-state index contributed by atoms with van der Waals surface area (Å²) in [7, 11) is 0. The fourth-order valence-electron chi connectivity index (χ4n) is 2.84. The van der Waals surface area contributed by atoms with Gasteiger partial charge in [0, 0.05) is 6.61 Å². The van der Waals surface area contributed by atoms with Gasteiger partial charge in [-0.2, -0.15) is 0 Å². The molecule has 0 saturated carbocycles. The van der Waals surface area contributed by atoms with Crippen LogP contribution in [0.25, 0.3) is 0 Å². The van der Waals surface area contributed by atoms with Crippen molar-refractivity contribution >= 4 is 5.69 Å². The molecule has 4 nitrogen and oxygen atoms in total. The molecule has 4 heteroatoms. The molecular weight excluding hydrogens is 314 g/mol. The highest BCUT2D eigenvalue weighted by Crippen LogP contribution is 2.25. The lowest BCUT2D eigenvalue weighted by molar-refractivity contribution is 0.0682. The van der Waals surface area contributed by atoms with Crippen LogP contribution in [-0.2, 0) is 4.74 Å². The van der Waals surface area contributed by atoms with Crippen molar-refractivity contribution in [2.24, 2.45) is 0 Å². The molecule has 0 bridgehead atoms. The smallest absolute Gasteiger partial charge is 0.142 e. The van der Waals surface area contributed by atoms with E-state index in [1.807, 2.05) is 36.4 Å². The van der Waals surface area contributed by atoms with Crippen LogP contribution >= 0.6 is 0 Å². The second-order valence-corrected chi connectivity index (χ2v) is 6.56. The van der Waals surface area contributed by atoms with Gasteiger partial charge in [0.1, 0.15) is 24.2 Å². The fraction of sp³-hybridized carbons (Fsp3) is 0.429. The van der Waals surface area contributed by atoms with Gasteiger partial charge in [0.05, 0.1) is 18.3 Å². The highest BCUT2D eigenvalue weighted by atomic mass is 16.5. The van der Waals surface area contributed by atoms with E-state index >= 15 is 0 Å². The number of hydrogen-bond acceptors (Lipinski definition) is 4. The Morgan fingerprint density at radius 3 is 2.72 bits per heavy atom. The summed E-state index contributed by atoms with van der Waals surface area (Å²) in [6.07, 6.45) is 2.48. The molecule has 3 rings (SSSR count). The van der Waals surface area contributed by atoms with Gasteiger partial charge in [0.25, 0.3) is 0 Å². The van der Waals surface area contributed by atoms with Crippen LogP contribution in [-0.4, -0.2) is 32.0 Å². The Hall–Kier alpha value is -2.20. The van der Waals surface area contributed by atoms with E-state index in [2.05, 4.69) is 31.3 Å². The SMILES string of the molecule is Cc1ccc(OC(C)CNc2ccccc2OCC2CCCO2)cc1. The molecule has 1 heterocycles. The molecule has 1 aliphatic rings. The number of aryl methyl sites for hydroxylation is 1. The number of para-hydroxylation sites is 2. The van der Waals surface area contributed by atoms with Gasteiger partial charge in [-0.15, -0.1) is 0 Å². The zero-order chi connectivity index (χ0) is 17.5. The van der Waals surface area contributed by atoms with Crippen molar-refractivity contribution in [2.75, 3.05) is 25.1 Å². The predicted octanol–water partition coefficient (Wildman–Crippen LogP) is 4.43. The Labute approximate surface area is 150 Å². The van der Waals surface area contributed by atoms with Crippen LogP contribution < -0.4 is 14.8 Å². The first-order chi connectivity index (χ1) is 12.2. The van der Waals surface area contributed by atoms with Gasteiger partial charge < -0.3 is 19.5 Å². The van der Waals surface area contributed by atoms with Crippen molar-refractivity contribution in [1.82, 2.24) is 0 Å². The van der Waals surface area contributed by atoms with E-state index in [0.29, 0.717) is 13.2 Å². The van der Waals surface area contributed by atoms with Gasteiger partial charge in [-0.25, -0.2) is 0 Å². The topological polar surface area (TPSA) is 39.7 Å². The Morgan fingerprint density at radius 1 is 1.16 bits per heavy atom. The average Bonchev–Trinajstić information content (AvgIpc) is 3.14. The number of anilines is 1. The van der Waals surface area contributed by atoms with Crippen molar-refractivity contribution in [1.29, 1.82) is 0 Å². The summed E-state index contributed by atoms with van der Waals surface area (Å²) in [4.78, 5) is 0. The van der Waals surface area contributed by atoms with Gasteiger partial charge >= 0.3 is 0 Å². The average molecular weight is 341 g/mol. The summed E-state index contributed by atoms with van der Waals surface area (Å²) in [6, 6.07) is 16.1. The maximum Gasteiger partial charge on any atom is 0.142 e. The first-order valence-corrected chi connectivity index (χ1v) is 9.01. The van der Waals surface area contributed by atoms with Crippen LogP contribution in [0.15, 0.2) is 48.5 Å². The molecule has 1 aliphatic heterocycles. The van der Waals surface area contributed by atoms with Crippen LogP contribution in [0.5, 0.6) is 11.5 Å². The summed E-state index contributed by atoms with van der Waals surface area (Å²) in [6.45, 7) is 6.29. The minimum absolute atomic E-state index is 0.0499. The number of ether oxygens (including phenoxy) is 3. The highest BCUT2D eigenvalue weighted by Gasteiger charge is 2.16. The molecular formula is C21H27NO3. The van der Waals surface area contributed by atoms with Gasteiger partial charge in [-0.05, 0) is 51.0 Å². The Balaban J connectivity index is 1.50. The second-order valence-electron chi connectivity index (χ2n) is 6.56. The number of hydrogen-bond donors (Lipinski definition) is 1. The van der Waals surface area contributed by atoms with Crippen molar-refractivity contribution < 1.29 is 14.2 Å². The first-order valence-electron chi connectivity index (χ1n) is 9.01. The molecule has 0 aliphatic carbocycles. The summed E-state index contributed by atoms with van der Waals surface area (Å²) in [5.41, 5.74) is 2.22. The van der Waals surface area contributed by atoms with Crippen molar-refractivity contribution in [3.63, 3.8) is 0 Å². The third kappa shape index (κ3) is 5.40. The third-order valence-corrected chi connectivity index (χ3v) is 4.27. The molecule has 0 aromatic heterocycles. The summed E-state index contributed by atoms with van der Waals surface area (Å²) in [5.74, 6) is 1.75. The summed E-state index contributed by atoms with van der Waals surface area (Å²) in [5, 5.41) is 3.43. The van der Waals surface area contributed by atoms with Gasteiger partial charge in [0.2, 0.25) is 0 Å². The van der Waals surface area contributed by atoms with Crippen molar-refractivity contribution in [3.8, 4) is 11.5 Å². The molecule has 2 aromatic carbocycles. The quantitative estimate of drug-likeness (QED) is 0.771. The molecule has 25 heavy (non-hydrogen) atoms. The van der Waals surface area contributed by atoms with Crippen LogP contribution in [0.1, 0.15) is 25.3 Å². The number of benzene rings is 2. The van der Waals surface area contributed by atoms with Crippen molar-refractivity contribution in [3.05, 3.63) is 54.1 Å². The predicted molar refractivity (Wildman–Crippen MR) is 101 cm³/mol. The lowest BCUT2D eigenvalue weighted by atomic mass is 10.2.